The minimum Gasteiger partial charge on any atom is -0.441 e. The zero-order valence-electron chi connectivity index (χ0n) is 9.22. The van der Waals surface area contributed by atoms with Crippen molar-refractivity contribution in [1.29, 1.82) is 0 Å². The van der Waals surface area contributed by atoms with Crippen LogP contribution in [0, 0.1) is 0 Å². The van der Waals surface area contributed by atoms with E-state index in [0.717, 1.165) is 39.3 Å². The lowest BCUT2D eigenvalue weighted by molar-refractivity contribution is 1.42. The van der Waals surface area contributed by atoms with E-state index in [-0.39, 0.29) is 0 Å². The monoisotopic (exact) mass is 227 g/mol. The SMILES string of the molecule is Nc1ccc([N]([AlH2])c2ccc(N)cc2)cc1. The van der Waals surface area contributed by atoms with Crippen LogP contribution in [-0.4, -0.2) is 16.5 Å². The van der Waals surface area contributed by atoms with E-state index < -0.39 is 0 Å². The molecule has 0 aliphatic rings. The van der Waals surface area contributed by atoms with Gasteiger partial charge in [-0.3, -0.25) is 0 Å². The van der Waals surface area contributed by atoms with Crippen LogP contribution in [0.2, 0.25) is 0 Å². The molecular formula is C12H14AlN3. The largest absolute Gasteiger partial charge is 0.441 e. The summed E-state index contributed by atoms with van der Waals surface area (Å²) >= 11 is 0.912. The number of nitrogens with two attached hydrogens (primary N) is 2. The third kappa shape index (κ3) is 2.30. The molecule has 2 rings (SSSR count). The van der Waals surface area contributed by atoms with Crippen LogP contribution in [0.5, 0.6) is 0 Å². The quantitative estimate of drug-likeness (QED) is 0.604. The summed E-state index contributed by atoms with van der Waals surface area (Å²) in [6, 6.07) is 15.8. The van der Waals surface area contributed by atoms with Crippen molar-refractivity contribution in [2.75, 3.05) is 15.4 Å². The van der Waals surface area contributed by atoms with Gasteiger partial charge < -0.3 is 15.4 Å². The first-order valence-electron chi connectivity index (χ1n) is 5.11. The normalized spacial score (nSPS) is 10.0. The molecule has 0 fully saturated rings. The van der Waals surface area contributed by atoms with Crippen molar-refractivity contribution in [3.05, 3.63) is 48.5 Å². The van der Waals surface area contributed by atoms with Crippen molar-refractivity contribution >= 4 is 39.3 Å². The Bertz CT molecular complexity index is 419. The van der Waals surface area contributed by atoms with Crippen molar-refractivity contribution in [1.82, 2.24) is 0 Å². The highest BCUT2D eigenvalue weighted by Crippen LogP contribution is 2.24. The third-order valence-corrected chi connectivity index (χ3v) is 3.59. The number of benzene rings is 2. The van der Waals surface area contributed by atoms with Gasteiger partial charge in [-0.15, -0.1) is 0 Å². The van der Waals surface area contributed by atoms with E-state index in [1.54, 1.807) is 0 Å². The third-order valence-electron chi connectivity index (χ3n) is 2.56. The lowest BCUT2D eigenvalue weighted by Crippen LogP contribution is -2.11. The number of hydrogen-bond acceptors (Lipinski definition) is 3. The molecule has 16 heavy (non-hydrogen) atoms. The zero-order chi connectivity index (χ0) is 11.5. The lowest BCUT2D eigenvalue weighted by atomic mass is 10.2. The summed E-state index contributed by atoms with van der Waals surface area (Å²) in [5.74, 6) is 0. The van der Waals surface area contributed by atoms with Crippen molar-refractivity contribution in [3.63, 3.8) is 0 Å². The fourth-order valence-corrected chi connectivity index (χ4v) is 2.14. The molecule has 0 amide bonds. The Hall–Kier alpha value is -1.63. The molecule has 4 N–H and O–H groups in total. The van der Waals surface area contributed by atoms with Crippen molar-refractivity contribution in [2.45, 2.75) is 0 Å². The average molecular weight is 227 g/mol. The molecule has 0 radical (unpaired) electrons. The second-order valence-electron chi connectivity index (χ2n) is 3.74. The summed E-state index contributed by atoms with van der Waals surface area (Å²) in [4.78, 5) is 0. The minimum atomic E-state index is 0.788. The van der Waals surface area contributed by atoms with Gasteiger partial charge in [0, 0.05) is 22.7 Å². The summed E-state index contributed by atoms with van der Waals surface area (Å²) in [5, 5.41) is 0. The van der Waals surface area contributed by atoms with Gasteiger partial charge in [-0.2, -0.15) is 0 Å². The molecule has 0 unspecified atom stereocenters. The predicted octanol–water partition coefficient (Wildman–Crippen LogP) is 1.54. The summed E-state index contributed by atoms with van der Waals surface area (Å²) in [6.07, 6.45) is 0. The van der Waals surface area contributed by atoms with E-state index in [4.69, 9.17) is 11.5 Å². The molecule has 0 saturated carbocycles. The number of nitrogens with zero attached hydrogens (tertiary/aromatic N) is 1. The number of rotatable bonds is 2. The summed E-state index contributed by atoms with van der Waals surface area (Å²) < 4.78 is 2.22. The summed E-state index contributed by atoms with van der Waals surface area (Å²) in [7, 11) is 0. The zero-order valence-corrected chi connectivity index (χ0v) is 11.2. The maximum atomic E-state index is 5.66. The van der Waals surface area contributed by atoms with Crippen molar-refractivity contribution < 1.29 is 0 Å². The highest BCUT2D eigenvalue weighted by molar-refractivity contribution is 6.22. The highest BCUT2D eigenvalue weighted by atomic mass is 27.1. The van der Waals surface area contributed by atoms with Crippen LogP contribution in [0.3, 0.4) is 0 Å². The lowest BCUT2D eigenvalue weighted by Gasteiger charge is -2.21. The molecule has 80 valence electrons. The molecule has 2 aromatic rings. The van der Waals surface area contributed by atoms with Crippen molar-refractivity contribution in [3.8, 4) is 0 Å². The molecule has 3 nitrogen and oxygen atoms in total. The van der Waals surface area contributed by atoms with E-state index in [0.29, 0.717) is 0 Å². The first-order chi connectivity index (χ1) is 7.66. The first kappa shape index (κ1) is 10.9. The molecule has 0 aliphatic heterocycles. The standard InChI is InChI=1S/C12H12N3.Al.2H/c13-9-1-5-11(6-2-9)15-12-7-3-10(14)4-8-12;;;/h1-8H,13-14H2;;;/q-1;+1;;. The second-order valence-corrected chi connectivity index (χ2v) is 4.64. The molecule has 0 aromatic heterocycles. The molecule has 0 atom stereocenters. The van der Waals surface area contributed by atoms with Crippen LogP contribution in [0.25, 0.3) is 0 Å². The summed E-state index contributed by atoms with van der Waals surface area (Å²) in [5.41, 5.74) is 15.2. The van der Waals surface area contributed by atoms with Crippen LogP contribution in [0.15, 0.2) is 48.5 Å². The van der Waals surface area contributed by atoms with E-state index in [1.807, 2.05) is 48.5 Å². The fourth-order valence-electron chi connectivity index (χ4n) is 1.54. The van der Waals surface area contributed by atoms with Gasteiger partial charge in [-0.25, -0.2) is 0 Å². The topological polar surface area (TPSA) is 55.3 Å². The molecule has 0 saturated heterocycles. The average Bonchev–Trinajstić information content (AvgIpc) is 2.30. The molecule has 0 aliphatic carbocycles. The minimum absolute atomic E-state index is 0.788. The Balaban J connectivity index is 2.28. The molecule has 4 heteroatoms. The van der Waals surface area contributed by atoms with E-state index in [2.05, 4.69) is 3.88 Å². The molecule has 0 spiro atoms. The smallest absolute Gasteiger partial charge is 0.370 e. The Labute approximate surface area is 103 Å². The first-order valence-corrected chi connectivity index (χ1v) is 6.01. The number of nitrogen functional groups attached to an aromatic ring is 2. The van der Waals surface area contributed by atoms with E-state index in [1.165, 1.54) is 0 Å². The second kappa shape index (κ2) is 4.48. The van der Waals surface area contributed by atoms with Crippen LogP contribution in [-0.2, 0) is 0 Å². The maximum absolute atomic E-state index is 5.66. The van der Waals surface area contributed by atoms with Gasteiger partial charge in [0.15, 0.2) is 0 Å². The van der Waals surface area contributed by atoms with Gasteiger partial charge in [0.25, 0.3) is 0 Å². The van der Waals surface area contributed by atoms with Crippen LogP contribution in [0.1, 0.15) is 0 Å². The Kier molecular flexibility index (Phi) is 3.05. The fraction of sp³-hybridized carbons (Fsp3) is 0. The molecule has 2 aromatic carbocycles. The molecule has 0 heterocycles. The van der Waals surface area contributed by atoms with E-state index in [9.17, 15) is 0 Å². The van der Waals surface area contributed by atoms with Gasteiger partial charge in [-0.1, -0.05) is 0 Å². The maximum Gasteiger partial charge on any atom is 0.370 e. The van der Waals surface area contributed by atoms with E-state index >= 15 is 0 Å². The van der Waals surface area contributed by atoms with Crippen LogP contribution < -0.4 is 15.4 Å². The van der Waals surface area contributed by atoms with Gasteiger partial charge in [0.05, 0.1) is 0 Å². The predicted molar refractivity (Wildman–Crippen MR) is 72.4 cm³/mol. The Morgan fingerprint density at radius 2 is 1.00 bits per heavy atom. The Morgan fingerprint density at radius 1 is 0.688 bits per heavy atom. The van der Waals surface area contributed by atoms with Crippen LogP contribution >= 0.6 is 0 Å². The summed E-state index contributed by atoms with van der Waals surface area (Å²) in [6.45, 7) is 0. The number of hydrogen-bond donors (Lipinski definition) is 2. The molecular weight excluding hydrogens is 213 g/mol. The van der Waals surface area contributed by atoms with Gasteiger partial charge >= 0.3 is 16.5 Å². The van der Waals surface area contributed by atoms with Gasteiger partial charge in [-0.05, 0) is 48.5 Å². The molecule has 0 bridgehead atoms. The Morgan fingerprint density at radius 3 is 1.31 bits per heavy atom. The number of anilines is 4. The van der Waals surface area contributed by atoms with Crippen LogP contribution in [0.4, 0.5) is 22.7 Å². The van der Waals surface area contributed by atoms with Crippen molar-refractivity contribution in [2.24, 2.45) is 0 Å². The van der Waals surface area contributed by atoms with Gasteiger partial charge in [0.2, 0.25) is 0 Å². The van der Waals surface area contributed by atoms with Gasteiger partial charge in [0.1, 0.15) is 0 Å². The highest BCUT2D eigenvalue weighted by Gasteiger charge is 2.02.